The average Bonchev–Trinajstić information content (AvgIpc) is 2.37. The summed E-state index contributed by atoms with van der Waals surface area (Å²) >= 11 is 3.21. The minimum Gasteiger partial charge on any atom is -0.398 e. The van der Waals surface area contributed by atoms with Crippen molar-refractivity contribution in [2.24, 2.45) is 0 Å². The van der Waals surface area contributed by atoms with Crippen LogP contribution >= 0.6 is 15.9 Å². The van der Waals surface area contributed by atoms with Crippen LogP contribution < -0.4 is 11.1 Å². The Bertz CT molecular complexity index is 647. The number of halogens is 3. The summed E-state index contributed by atoms with van der Waals surface area (Å²) in [6, 6.07) is 8.17. The molecule has 2 rings (SSSR count). The summed E-state index contributed by atoms with van der Waals surface area (Å²) in [6.45, 7) is 0. The van der Waals surface area contributed by atoms with Crippen molar-refractivity contribution in [3.05, 3.63) is 58.1 Å². The van der Waals surface area contributed by atoms with E-state index in [2.05, 4.69) is 21.2 Å². The van der Waals surface area contributed by atoms with E-state index < -0.39 is 17.5 Å². The van der Waals surface area contributed by atoms with Crippen LogP contribution in [0, 0.1) is 11.6 Å². The molecular formula is C13H9BrF2N2O. The standard InChI is InChI=1S/C13H9BrF2N2O/c14-9-5-4-7(6-11(9)17)18-13(19)8-2-1-3-10(15)12(8)16/h1-6H,17H2,(H,18,19). The second kappa shape index (κ2) is 5.36. The Labute approximate surface area is 116 Å². The molecule has 19 heavy (non-hydrogen) atoms. The molecule has 0 atom stereocenters. The summed E-state index contributed by atoms with van der Waals surface area (Å²) in [4.78, 5) is 11.8. The van der Waals surface area contributed by atoms with Crippen molar-refractivity contribution in [1.82, 2.24) is 0 Å². The number of benzene rings is 2. The SMILES string of the molecule is Nc1cc(NC(=O)c2cccc(F)c2F)ccc1Br. The average molecular weight is 327 g/mol. The predicted molar refractivity (Wildman–Crippen MR) is 72.9 cm³/mol. The Hall–Kier alpha value is -1.95. The summed E-state index contributed by atoms with van der Waals surface area (Å²) in [5.74, 6) is -2.98. The third-order valence-electron chi connectivity index (χ3n) is 2.45. The Morgan fingerprint density at radius 2 is 1.95 bits per heavy atom. The lowest BCUT2D eigenvalue weighted by molar-refractivity contribution is 0.102. The van der Waals surface area contributed by atoms with Crippen LogP contribution in [-0.4, -0.2) is 5.91 Å². The topological polar surface area (TPSA) is 55.1 Å². The number of carbonyl (C=O) groups excluding carboxylic acids is 1. The highest BCUT2D eigenvalue weighted by Crippen LogP contribution is 2.23. The van der Waals surface area contributed by atoms with Gasteiger partial charge in [-0.2, -0.15) is 0 Å². The zero-order valence-corrected chi connectivity index (χ0v) is 11.2. The molecule has 0 aromatic heterocycles. The highest BCUT2D eigenvalue weighted by Gasteiger charge is 2.15. The predicted octanol–water partition coefficient (Wildman–Crippen LogP) is 3.56. The van der Waals surface area contributed by atoms with Gasteiger partial charge in [0.05, 0.1) is 5.56 Å². The van der Waals surface area contributed by atoms with Gasteiger partial charge in [0.25, 0.3) is 5.91 Å². The highest BCUT2D eigenvalue weighted by atomic mass is 79.9. The van der Waals surface area contributed by atoms with E-state index in [0.717, 1.165) is 6.07 Å². The fourth-order valence-electron chi connectivity index (χ4n) is 1.50. The number of amides is 1. The Kier molecular flexibility index (Phi) is 3.80. The van der Waals surface area contributed by atoms with Crippen molar-refractivity contribution in [3.63, 3.8) is 0 Å². The summed E-state index contributed by atoms with van der Waals surface area (Å²) in [7, 11) is 0. The fraction of sp³-hybridized carbons (Fsp3) is 0. The third kappa shape index (κ3) is 2.90. The van der Waals surface area contributed by atoms with Crippen LogP contribution in [0.4, 0.5) is 20.2 Å². The first-order valence-electron chi connectivity index (χ1n) is 5.29. The molecule has 2 aromatic carbocycles. The number of hydrogen-bond acceptors (Lipinski definition) is 2. The first-order chi connectivity index (χ1) is 8.99. The molecule has 2 aromatic rings. The lowest BCUT2D eigenvalue weighted by Gasteiger charge is -2.08. The molecule has 0 saturated heterocycles. The molecule has 0 aliphatic heterocycles. The second-order valence-corrected chi connectivity index (χ2v) is 4.65. The van der Waals surface area contributed by atoms with Crippen LogP contribution in [-0.2, 0) is 0 Å². The Morgan fingerprint density at radius 3 is 2.63 bits per heavy atom. The summed E-state index contributed by atoms with van der Waals surface area (Å²) < 4.78 is 27.1. The number of carbonyl (C=O) groups is 1. The first kappa shape index (κ1) is 13.5. The van der Waals surface area contributed by atoms with Crippen molar-refractivity contribution in [1.29, 1.82) is 0 Å². The van der Waals surface area contributed by atoms with E-state index in [-0.39, 0.29) is 5.56 Å². The highest BCUT2D eigenvalue weighted by molar-refractivity contribution is 9.10. The maximum Gasteiger partial charge on any atom is 0.258 e. The van der Waals surface area contributed by atoms with Crippen molar-refractivity contribution >= 4 is 33.2 Å². The van der Waals surface area contributed by atoms with Crippen LogP contribution in [0.25, 0.3) is 0 Å². The molecule has 0 aliphatic carbocycles. The normalized spacial score (nSPS) is 10.3. The maximum atomic E-state index is 13.4. The number of hydrogen-bond donors (Lipinski definition) is 2. The Balaban J connectivity index is 2.26. The van der Waals surface area contributed by atoms with E-state index in [4.69, 9.17) is 5.73 Å². The molecule has 98 valence electrons. The first-order valence-corrected chi connectivity index (χ1v) is 6.08. The molecule has 0 saturated carbocycles. The maximum absolute atomic E-state index is 13.4. The molecule has 3 N–H and O–H groups in total. The Morgan fingerprint density at radius 1 is 1.21 bits per heavy atom. The van der Waals surface area contributed by atoms with Gasteiger partial charge in [0.15, 0.2) is 11.6 Å². The minimum absolute atomic E-state index is 0.360. The lowest BCUT2D eigenvalue weighted by atomic mass is 10.2. The summed E-state index contributed by atoms with van der Waals surface area (Å²) in [6.07, 6.45) is 0. The van der Waals surface area contributed by atoms with Crippen molar-refractivity contribution in [3.8, 4) is 0 Å². The van der Waals surface area contributed by atoms with Crippen molar-refractivity contribution in [2.45, 2.75) is 0 Å². The zero-order valence-electron chi connectivity index (χ0n) is 9.58. The number of nitrogen functional groups attached to an aromatic ring is 1. The van der Waals surface area contributed by atoms with Gasteiger partial charge in [-0.05, 0) is 46.3 Å². The van der Waals surface area contributed by atoms with Gasteiger partial charge in [0.1, 0.15) is 0 Å². The largest absolute Gasteiger partial charge is 0.398 e. The molecule has 3 nitrogen and oxygen atoms in total. The molecule has 0 spiro atoms. The van der Waals surface area contributed by atoms with Crippen LogP contribution in [0.3, 0.4) is 0 Å². The molecular weight excluding hydrogens is 318 g/mol. The monoisotopic (exact) mass is 326 g/mol. The van der Waals surface area contributed by atoms with E-state index in [9.17, 15) is 13.6 Å². The van der Waals surface area contributed by atoms with Gasteiger partial charge < -0.3 is 11.1 Å². The molecule has 0 aliphatic rings. The fourth-order valence-corrected chi connectivity index (χ4v) is 1.75. The lowest BCUT2D eigenvalue weighted by Crippen LogP contribution is -2.14. The van der Waals surface area contributed by atoms with Crippen LogP contribution in [0.2, 0.25) is 0 Å². The molecule has 1 amide bonds. The van der Waals surface area contributed by atoms with Crippen molar-refractivity contribution < 1.29 is 13.6 Å². The van der Waals surface area contributed by atoms with Gasteiger partial charge in [-0.3, -0.25) is 4.79 Å². The van der Waals surface area contributed by atoms with Gasteiger partial charge in [-0.15, -0.1) is 0 Å². The minimum atomic E-state index is -1.18. The van der Waals surface area contributed by atoms with Crippen LogP contribution in [0.5, 0.6) is 0 Å². The van der Waals surface area contributed by atoms with Gasteiger partial charge in [0, 0.05) is 15.8 Å². The number of rotatable bonds is 2. The summed E-state index contributed by atoms with van der Waals surface area (Å²) in [5.41, 5.74) is 6.12. The van der Waals surface area contributed by atoms with E-state index in [1.54, 1.807) is 12.1 Å². The van der Waals surface area contributed by atoms with E-state index in [1.807, 2.05) is 0 Å². The van der Waals surface area contributed by atoms with Gasteiger partial charge in [-0.1, -0.05) is 6.07 Å². The van der Waals surface area contributed by atoms with E-state index in [0.29, 0.717) is 15.8 Å². The summed E-state index contributed by atoms with van der Waals surface area (Å²) in [5, 5.41) is 2.45. The molecule has 0 radical (unpaired) electrons. The number of anilines is 2. The van der Waals surface area contributed by atoms with Crippen molar-refractivity contribution in [2.75, 3.05) is 11.1 Å². The quantitative estimate of drug-likeness (QED) is 0.829. The smallest absolute Gasteiger partial charge is 0.258 e. The van der Waals surface area contributed by atoms with Crippen LogP contribution in [0.15, 0.2) is 40.9 Å². The van der Waals surface area contributed by atoms with Gasteiger partial charge >= 0.3 is 0 Å². The second-order valence-electron chi connectivity index (χ2n) is 3.79. The number of nitrogens with one attached hydrogen (secondary N) is 1. The van der Waals surface area contributed by atoms with E-state index >= 15 is 0 Å². The molecule has 6 heteroatoms. The molecule has 0 unspecified atom stereocenters. The zero-order chi connectivity index (χ0) is 14.0. The van der Waals surface area contributed by atoms with E-state index in [1.165, 1.54) is 18.2 Å². The third-order valence-corrected chi connectivity index (χ3v) is 3.17. The molecule has 0 heterocycles. The number of nitrogens with two attached hydrogens (primary N) is 1. The molecule has 0 fully saturated rings. The van der Waals surface area contributed by atoms with Crippen LogP contribution in [0.1, 0.15) is 10.4 Å². The van der Waals surface area contributed by atoms with Gasteiger partial charge in [-0.25, -0.2) is 8.78 Å². The molecule has 0 bridgehead atoms. The van der Waals surface area contributed by atoms with Gasteiger partial charge in [0.2, 0.25) is 0 Å².